The van der Waals surface area contributed by atoms with E-state index in [9.17, 15) is 0 Å². The fraction of sp³-hybridized carbons (Fsp3) is 0.200. The molecule has 0 amide bonds. The molecule has 0 saturated carbocycles. The Balaban J connectivity index is 0.000000845. The number of benzene rings is 1. The Morgan fingerprint density at radius 1 is 1.15 bits per heavy atom. The summed E-state index contributed by atoms with van der Waals surface area (Å²) in [6.45, 7) is 2.03. The summed E-state index contributed by atoms with van der Waals surface area (Å²) in [5.41, 5.74) is 1.09. The number of nitrogens with zero attached hydrogens (tertiary/aromatic N) is 1. The van der Waals surface area contributed by atoms with E-state index in [1.807, 2.05) is 26.1 Å². The number of rotatable bonds is 1. The molecule has 2 aromatic rings. The van der Waals surface area contributed by atoms with Crippen molar-refractivity contribution in [2.75, 3.05) is 12.4 Å². The summed E-state index contributed by atoms with van der Waals surface area (Å²) in [4.78, 5) is 4.40. The van der Waals surface area contributed by atoms with Gasteiger partial charge in [-0.05, 0) is 17.7 Å². The van der Waals surface area contributed by atoms with Crippen LogP contribution in [0.4, 0.5) is 5.82 Å². The first-order chi connectivity index (χ1) is 5.83. The number of anilines is 1. The molecule has 0 spiro atoms. The Morgan fingerprint density at radius 3 is 2.38 bits per heavy atom. The van der Waals surface area contributed by atoms with Crippen LogP contribution in [0.3, 0.4) is 0 Å². The third-order valence-electron chi connectivity index (χ3n) is 2.09. The van der Waals surface area contributed by atoms with Gasteiger partial charge >= 0.3 is 17.1 Å². The van der Waals surface area contributed by atoms with E-state index in [1.54, 1.807) is 0 Å². The molecule has 0 aliphatic carbocycles. The zero-order valence-electron chi connectivity index (χ0n) is 7.56. The first-order valence-electron chi connectivity index (χ1n) is 4.02. The molecule has 72 valence electrons. The van der Waals surface area contributed by atoms with E-state index < -0.39 is 0 Å². The van der Waals surface area contributed by atoms with Crippen molar-refractivity contribution in [2.24, 2.45) is 0 Å². The molecule has 1 heterocycles. The molecule has 0 aliphatic heterocycles. The van der Waals surface area contributed by atoms with Crippen LogP contribution in [0.1, 0.15) is 5.69 Å². The first kappa shape index (κ1) is 10.2. The van der Waals surface area contributed by atoms with Gasteiger partial charge in [0, 0.05) is 0 Å². The van der Waals surface area contributed by atoms with Gasteiger partial charge < -0.3 is 10.3 Å². The van der Waals surface area contributed by atoms with Crippen molar-refractivity contribution in [1.82, 2.24) is 4.98 Å². The van der Waals surface area contributed by atoms with Gasteiger partial charge in [0.05, 0.1) is 0 Å². The number of hydrogen-bond acceptors (Lipinski definition) is 1. The summed E-state index contributed by atoms with van der Waals surface area (Å²) in [5, 5.41) is 5.52. The Bertz CT molecular complexity index is 406. The summed E-state index contributed by atoms with van der Waals surface area (Å²) in [6, 6.07) is 8.25. The number of nitrogens with one attached hydrogen (secondary N) is 1. The largest absolute Gasteiger partial charge is 1.00 e. The van der Waals surface area contributed by atoms with Crippen molar-refractivity contribution in [3.8, 4) is 0 Å². The second-order valence-electron chi connectivity index (χ2n) is 2.84. The number of aryl methyl sites for hydroxylation is 1. The van der Waals surface area contributed by atoms with Gasteiger partial charge in [-0.1, -0.05) is 42.8 Å². The van der Waals surface area contributed by atoms with Gasteiger partial charge in [0.25, 0.3) is 0 Å². The van der Waals surface area contributed by atoms with E-state index in [2.05, 4.69) is 22.4 Å². The molecule has 1 aromatic carbocycles. The molecule has 1 N–H and O–H groups in total. The van der Waals surface area contributed by atoms with Crippen molar-refractivity contribution >= 4 is 16.6 Å². The van der Waals surface area contributed by atoms with Crippen LogP contribution >= 0.6 is 0 Å². The molecule has 0 saturated heterocycles. The maximum absolute atomic E-state index is 4.40. The van der Waals surface area contributed by atoms with E-state index in [1.165, 1.54) is 10.8 Å². The van der Waals surface area contributed by atoms with Crippen LogP contribution in [0.5, 0.6) is 0 Å². The Kier molecular flexibility index (Phi) is 3.02. The predicted molar refractivity (Wildman–Crippen MR) is 51.6 cm³/mol. The summed E-state index contributed by atoms with van der Waals surface area (Å²) < 4.78 is 0. The first-order valence-corrected chi connectivity index (χ1v) is 4.02. The standard InChI is InChI=1S/C10H11N2.Cu/c1-7-8-5-3-4-6-9(8)10(11-2)12-7;/h3-6,11H,1-2H3;/q-1;+1. The van der Waals surface area contributed by atoms with Gasteiger partial charge in [0.1, 0.15) is 0 Å². The van der Waals surface area contributed by atoms with Crippen LogP contribution in [0.25, 0.3) is 10.8 Å². The van der Waals surface area contributed by atoms with Crippen molar-refractivity contribution in [3.05, 3.63) is 30.0 Å². The molecule has 0 radical (unpaired) electrons. The Morgan fingerprint density at radius 2 is 1.77 bits per heavy atom. The molecule has 0 unspecified atom stereocenters. The maximum atomic E-state index is 4.40. The van der Waals surface area contributed by atoms with Gasteiger partial charge in [-0.15, -0.1) is 0 Å². The summed E-state index contributed by atoms with van der Waals surface area (Å²) in [6.07, 6.45) is 0. The van der Waals surface area contributed by atoms with Crippen molar-refractivity contribution < 1.29 is 17.1 Å². The molecule has 0 aliphatic rings. The number of fused-ring (bicyclic) bond motifs is 1. The topological polar surface area (TPSA) is 26.1 Å². The van der Waals surface area contributed by atoms with Crippen LogP contribution in [0, 0.1) is 6.92 Å². The van der Waals surface area contributed by atoms with Crippen LogP contribution in [-0.2, 0) is 17.1 Å². The second kappa shape index (κ2) is 3.86. The molecular weight excluding hydrogens is 212 g/mol. The smallest absolute Gasteiger partial charge is 0.484 e. The van der Waals surface area contributed by atoms with Gasteiger partial charge in [-0.3, -0.25) is 0 Å². The molecule has 0 atom stereocenters. The number of hydrogen-bond donors (Lipinski definition) is 1. The SMILES string of the molecule is CNc1[n-]c(C)c2ccccc12.[Cu+]. The van der Waals surface area contributed by atoms with Crippen molar-refractivity contribution in [2.45, 2.75) is 6.92 Å². The maximum Gasteiger partial charge on any atom is 1.00 e. The monoisotopic (exact) mass is 222 g/mol. The molecule has 0 fully saturated rings. The predicted octanol–water partition coefficient (Wildman–Crippen LogP) is 2.14. The van der Waals surface area contributed by atoms with Crippen molar-refractivity contribution in [3.63, 3.8) is 0 Å². The fourth-order valence-corrected chi connectivity index (χ4v) is 1.48. The zero-order chi connectivity index (χ0) is 8.55. The minimum Gasteiger partial charge on any atom is -0.484 e. The molecule has 3 heteroatoms. The quantitative estimate of drug-likeness (QED) is 0.749. The average Bonchev–Trinajstić information content (AvgIpc) is 2.44. The number of aromatic nitrogens is 1. The van der Waals surface area contributed by atoms with E-state index in [0.717, 1.165) is 11.5 Å². The minimum atomic E-state index is 0. The summed E-state index contributed by atoms with van der Waals surface area (Å²) >= 11 is 0. The molecular formula is C10H11CuN2. The van der Waals surface area contributed by atoms with E-state index in [-0.39, 0.29) is 17.1 Å². The van der Waals surface area contributed by atoms with Crippen LogP contribution in [0.2, 0.25) is 0 Å². The average molecular weight is 223 g/mol. The zero-order valence-corrected chi connectivity index (χ0v) is 8.50. The van der Waals surface area contributed by atoms with Crippen LogP contribution < -0.4 is 10.3 Å². The van der Waals surface area contributed by atoms with E-state index in [0.29, 0.717) is 0 Å². The van der Waals surface area contributed by atoms with E-state index >= 15 is 0 Å². The van der Waals surface area contributed by atoms with Gasteiger partial charge in [0.2, 0.25) is 0 Å². The van der Waals surface area contributed by atoms with Gasteiger partial charge in [0.15, 0.2) is 0 Å². The second-order valence-corrected chi connectivity index (χ2v) is 2.84. The van der Waals surface area contributed by atoms with Crippen LogP contribution in [0.15, 0.2) is 24.3 Å². The summed E-state index contributed by atoms with van der Waals surface area (Å²) in [7, 11) is 1.90. The molecule has 1 aromatic heterocycles. The van der Waals surface area contributed by atoms with E-state index in [4.69, 9.17) is 0 Å². The minimum absolute atomic E-state index is 0. The fourth-order valence-electron chi connectivity index (χ4n) is 1.48. The third kappa shape index (κ3) is 1.58. The summed E-state index contributed by atoms with van der Waals surface area (Å²) in [5.74, 6) is 0.975. The molecule has 2 rings (SSSR count). The Hall–Kier alpha value is -0.921. The normalized spacial score (nSPS) is 9.69. The third-order valence-corrected chi connectivity index (χ3v) is 2.09. The van der Waals surface area contributed by atoms with Crippen LogP contribution in [-0.4, -0.2) is 7.05 Å². The molecule has 13 heavy (non-hydrogen) atoms. The van der Waals surface area contributed by atoms with Crippen molar-refractivity contribution in [1.29, 1.82) is 0 Å². The Labute approximate surface area is 88.2 Å². The van der Waals surface area contributed by atoms with Gasteiger partial charge in [-0.2, -0.15) is 0 Å². The molecule has 2 nitrogen and oxygen atoms in total. The molecule has 0 bridgehead atoms. The van der Waals surface area contributed by atoms with Gasteiger partial charge in [-0.25, -0.2) is 0 Å².